The van der Waals surface area contributed by atoms with Gasteiger partial charge in [-0.15, -0.1) is 0 Å². The topological polar surface area (TPSA) is 79.2 Å². The number of anilines is 1. The van der Waals surface area contributed by atoms with Crippen LogP contribution >= 0.6 is 0 Å². The molecule has 0 bridgehead atoms. The van der Waals surface area contributed by atoms with Crippen LogP contribution in [-0.4, -0.2) is 54.7 Å². The molecule has 6 heteroatoms. The van der Waals surface area contributed by atoms with Crippen molar-refractivity contribution in [2.45, 2.75) is 32.3 Å². The molecule has 1 heterocycles. The number of Topliss-reactive ketones (excluding diaryl/α,β-unsaturated/α-hetero) is 1. The molecule has 6 nitrogen and oxygen atoms in total. The van der Waals surface area contributed by atoms with E-state index < -0.39 is 18.5 Å². The molecule has 2 rings (SSSR count). The summed E-state index contributed by atoms with van der Waals surface area (Å²) in [4.78, 5) is 13.2. The Morgan fingerprint density at radius 3 is 2.18 bits per heavy atom. The molecular weight excluding hydrogens is 286 g/mol. The largest absolute Gasteiger partial charge is 0.385 e. The monoisotopic (exact) mass is 309 g/mol. The highest BCUT2D eigenvalue weighted by molar-refractivity contribution is 5.81. The van der Waals surface area contributed by atoms with Gasteiger partial charge in [0.15, 0.2) is 12.1 Å². The number of benzene rings is 1. The number of hydrogen-bond acceptors (Lipinski definition) is 6. The summed E-state index contributed by atoms with van der Waals surface area (Å²) in [7, 11) is 0. The fourth-order valence-corrected chi connectivity index (χ4v) is 2.45. The van der Waals surface area contributed by atoms with Gasteiger partial charge >= 0.3 is 0 Å². The second-order valence-electron chi connectivity index (χ2n) is 5.23. The van der Waals surface area contributed by atoms with E-state index in [4.69, 9.17) is 9.47 Å². The summed E-state index contributed by atoms with van der Waals surface area (Å²) in [5, 5.41) is 20.4. The molecule has 1 aliphatic rings. The zero-order valence-corrected chi connectivity index (χ0v) is 12.9. The second-order valence-corrected chi connectivity index (χ2v) is 5.23. The van der Waals surface area contributed by atoms with Crippen LogP contribution in [-0.2, 0) is 14.3 Å². The van der Waals surface area contributed by atoms with Crippen molar-refractivity contribution in [3.8, 4) is 0 Å². The smallest absolute Gasteiger partial charge is 0.187 e. The molecule has 0 aliphatic carbocycles. The molecule has 1 aromatic rings. The van der Waals surface area contributed by atoms with Crippen LogP contribution in [0.3, 0.4) is 0 Å². The number of hydrogen-bond donors (Lipinski definition) is 2. The molecule has 0 saturated carbocycles. The lowest BCUT2D eigenvalue weighted by Crippen LogP contribution is -2.42. The molecule has 1 fully saturated rings. The number of ketones is 1. The molecule has 2 N–H and O–H groups in total. The average Bonchev–Trinajstić information content (AvgIpc) is 2.56. The Morgan fingerprint density at radius 1 is 1.14 bits per heavy atom. The molecule has 0 unspecified atom stereocenters. The molecule has 1 aromatic carbocycles. The third-order valence-corrected chi connectivity index (χ3v) is 3.78. The Bertz CT molecular complexity index is 476. The molecule has 0 amide bonds. The average molecular weight is 309 g/mol. The van der Waals surface area contributed by atoms with Gasteiger partial charge in [0, 0.05) is 18.8 Å². The number of rotatable bonds is 6. The van der Waals surface area contributed by atoms with Crippen LogP contribution in [0.1, 0.15) is 25.5 Å². The van der Waals surface area contributed by atoms with E-state index in [-0.39, 0.29) is 19.0 Å². The standard InChI is InChI=1S/C16H23NO5/c1-3-17(4-2)12-7-5-11(6-8-12)14(19)15(20)16-21-9-13(18)10-22-16/h5-8,14-16,19-20H,3-4,9-10H2,1-2H3/t14-,15-/m1/s1. The summed E-state index contributed by atoms with van der Waals surface area (Å²) in [6.45, 7) is 5.76. The lowest BCUT2D eigenvalue weighted by Gasteiger charge is -2.29. The molecule has 122 valence electrons. The number of carbonyl (C=O) groups is 1. The summed E-state index contributed by atoms with van der Waals surface area (Å²) in [6.07, 6.45) is -3.37. The van der Waals surface area contributed by atoms with Gasteiger partial charge in [0.05, 0.1) is 0 Å². The van der Waals surface area contributed by atoms with Crippen molar-refractivity contribution in [2.75, 3.05) is 31.2 Å². The quantitative estimate of drug-likeness (QED) is 0.812. The third kappa shape index (κ3) is 3.84. The van der Waals surface area contributed by atoms with E-state index in [1.807, 2.05) is 12.1 Å². The minimum absolute atomic E-state index is 0.102. The van der Waals surface area contributed by atoms with E-state index in [0.29, 0.717) is 5.56 Å². The van der Waals surface area contributed by atoms with Crippen LogP contribution in [0.4, 0.5) is 5.69 Å². The van der Waals surface area contributed by atoms with Gasteiger partial charge < -0.3 is 24.6 Å². The van der Waals surface area contributed by atoms with Crippen molar-refractivity contribution < 1.29 is 24.5 Å². The van der Waals surface area contributed by atoms with E-state index in [0.717, 1.165) is 18.8 Å². The fourth-order valence-electron chi connectivity index (χ4n) is 2.45. The minimum Gasteiger partial charge on any atom is -0.385 e. The van der Waals surface area contributed by atoms with E-state index in [2.05, 4.69) is 18.7 Å². The van der Waals surface area contributed by atoms with Crippen molar-refractivity contribution in [1.29, 1.82) is 0 Å². The van der Waals surface area contributed by atoms with Crippen LogP contribution in [0.2, 0.25) is 0 Å². The number of aliphatic hydroxyl groups excluding tert-OH is 2. The van der Waals surface area contributed by atoms with Gasteiger partial charge in [0.1, 0.15) is 25.4 Å². The fraction of sp³-hybridized carbons (Fsp3) is 0.562. The Kier molecular flexibility index (Phi) is 5.90. The normalized spacial score (nSPS) is 19.0. The summed E-state index contributed by atoms with van der Waals surface area (Å²) in [6, 6.07) is 7.36. The Hall–Kier alpha value is -1.47. The van der Waals surface area contributed by atoms with Gasteiger partial charge in [-0.3, -0.25) is 4.79 Å². The molecule has 0 aromatic heterocycles. The first-order valence-corrected chi connectivity index (χ1v) is 7.52. The minimum atomic E-state index is -1.24. The summed E-state index contributed by atoms with van der Waals surface area (Å²) in [5.74, 6) is -0.179. The lowest BCUT2D eigenvalue weighted by molar-refractivity contribution is -0.233. The van der Waals surface area contributed by atoms with Crippen LogP contribution in [0.5, 0.6) is 0 Å². The Morgan fingerprint density at radius 2 is 1.68 bits per heavy atom. The molecule has 22 heavy (non-hydrogen) atoms. The van der Waals surface area contributed by atoms with Crippen LogP contribution in [0, 0.1) is 0 Å². The first-order chi connectivity index (χ1) is 10.6. The lowest BCUT2D eigenvalue weighted by atomic mass is 10.0. The number of carbonyl (C=O) groups excluding carboxylic acids is 1. The van der Waals surface area contributed by atoms with Gasteiger partial charge in [0.2, 0.25) is 0 Å². The predicted octanol–water partition coefficient (Wildman–Crippen LogP) is 0.869. The first kappa shape index (κ1) is 16.9. The molecule has 1 aliphatic heterocycles. The zero-order chi connectivity index (χ0) is 16.1. The molecule has 2 atom stereocenters. The zero-order valence-electron chi connectivity index (χ0n) is 12.9. The van der Waals surface area contributed by atoms with Crippen molar-refractivity contribution in [3.63, 3.8) is 0 Å². The van der Waals surface area contributed by atoms with Crippen LogP contribution in [0.15, 0.2) is 24.3 Å². The first-order valence-electron chi connectivity index (χ1n) is 7.52. The maximum atomic E-state index is 11.0. The Balaban J connectivity index is 2.02. The van der Waals surface area contributed by atoms with Crippen LogP contribution < -0.4 is 4.90 Å². The van der Waals surface area contributed by atoms with Crippen LogP contribution in [0.25, 0.3) is 0 Å². The molecular formula is C16H23NO5. The summed E-state index contributed by atoms with van der Waals surface area (Å²) >= 11 is 0. The number of aliphatic hydroxyl groups is 2. The third-order valence-electron chi connectivity index (χ3n) is 3.78. The van der Waals surface area contributed by atoms with Crippen molar-refractivity contribution in [3.05, 3.63) is 29.8 Å². The number of ether oxygens (including phenoxy) is 2. The summed E-state index contributed by atoms with van der Waals surface area (Å²) in [5.41, 5.74) is 1.64. The summed E-state index contributed by atoms with van der Waals surface area (Å²) < 4.78 is 10.2. The van der Waals surface area contributed by atoms with Gasteiger partial charge in [0.25, 0.3) is 0 Å². The molecule has 0 radical (unpaired) electrons. The van der Waals surface area contributed by atoms with E-state index >= 15 is 0 Å². The van der Waals surface area contributed by atoms with Crippen molar-refractivity contribution in [1.82, 2.24) is 0 Å². The predicted molar refractivity (Wildman–Crippen MR) is 81.7 cm³/mol. The SMILES string of the molecule is CCN(CC)c1ccc([C@@H](O)[C@@H](O)C2OCC(=O)CO2)cc1. The number of nitrogens with zero attached hydrogens (tertiary/aromatic N) is 1. The maximum absolute atomic E-state index is 11.0. The molecule has 1 saturated heterocycles. The van der Waals surface area contributed by atoms with Gasteiger partial charge in [-0.1, -0.05) is 12.1 Å². The van der Waals surface area contributed by atoms with Crippen molar-refractivity contribution >= 4 is 11.5 Å². The van der Waals surface area contributed by atoms with Gasteiger partial charge in [-0.25, -0.2) is 0 Å². The van der Waals surface area contributed by atoms with Gasteiger partial charge in [-0.05, 0) is 31.5 Å². The molecule has 0 spiro atoms. The Labute approximate surface area is 130 Å². The highest BCUT2D eigenvalue weighted by Crippen LogP contribution is 2.24. The van der Waals surface area contributed by atoms with E-state index in [1.54, 1.807) is 12.1 Å². The van der Waals surface area contributed by atoms with E-state index in [1.165, 1.54) is 0 Å². The second kappa shape index (κ2) is 7.69. The van der Waals surface area contributed by atoms with E-state index in [9.17, 15) is 15.0 Å². The van der Waals surface area contributed by atoms with Crippen molar-refractivity contribution in [2.24, 2.45) is 0 Å². The highest BCUT2D eigenvalue weighted by Gasteiger charge is 2.32. The maximum Gasteiger partial charge on any atom is 0.187 e. The highest BCUT2D eigenvalue weighted by atomic mass is 16.7. The van der Waals surface area contributed by atoms with Gasteiger partial charge in [-0.2, -0.15) is 0 Å².